The smallest absolute Gasteiger partial charge is 0.194 e. The Bertz CT molecular complexity index is 373. The third-order valence-corrected chi connectivity index (χ3v) is 3.36. The van der Waals surface area contributed by atoms with Gasteiger partial charge in [0.15, 0.2) is 5.96 Å². The highest BCUT2D eigenvalue weighted by Crippen LogP contribution is 2.09. The van der Waals surface area contributed by atoms with E-state index in [9.17, 15) is 0 Å². The molecule has 0 bridgehead atoms. The average molecular weight is 268 g/mol. The van der Waals surface area contributed by atoms with Crippen LogP contribution in [0.3, 0.4) is 0 Å². The normalized spacial score (nSPS) is 11.7. The van der Waals surface area contributed by atoms with Crippen LogP contribution in [0.1, 0.15) is 37.4 Å². The van der Waals surface area contributed by atoms with Crippen LogP contribution >= 0.6 is 11.3 Å². The Kier molecular flexibility index (Phi) is 6.72. The maximum absolute atomic E-state index is 4.61. The lowest BCUT2D eigenvalue weighted by Gasteiger charge is -2.21. The predicted octanol–water partition coefficient (Wildman–Crippen LogP) is 2.65. The van der Waals surface area contributed by atoms with E-state index in [1.165, 1.54) is 6.42 Å². The van der Waals surface area contributed by atoms with E-state index in [1.54, 1.807) is 11.3 Å². The van der Waals surface area contributed by atoms with E-state index in [0.717, 1.165) is 42.7 Å². The van der Waals surface area contributed by atoms with Crippen molar-refractivity contribution in [2.75, 3.05) is 20.1 Å². The minimum Gasteiger partial charge on any atom is -0.357 e. The molecule has 18 heavy (non-hydrogen) atoms. The summed E-state index contributed by atoms with van der Waals surface area (Å²) in [5.74, 6) is 0.969. The standard InChI is InChI=1S/C13H24N4S/c1-5-7-8-15-13(14-6-2)17(4)9-12-10-18-11(3)16-12/h10H,5-9H2,1-4H3,(H,14,15). The van der Waals surface area contributed by atoms with Gasteiger partial charge in [-0.3, -0.25) is 4.99 Å². The van der Waals surface area contributed by atoms with Gasteiger partial charge in [0.1, 0.15) is 0 Å². The fourth-order valence-electron chi connectivity index (χ4n) is 1.61. The van der Waals surface area contributed by atoms with Crippen LogP contribution in [0.4, 0.5) is 0 Å². The number of unbranched alkanes of at least 4 members (excludes halogenated alkanes) is 1. The number of aliphatic imine (C=N–C) groups is 1. The van der Waals surface area contributed by atoms with Gasteiger partial charge in [0.25, 0.3) is 0 Å². The minimum atomic E-state index is 0.808. The summed E-state index contributed by atoms with van der Waals surface area (Å²) in [6.07, 6.45) is 2.32. The van der Waals surface area contributed by atoms with Crippen LogP contribution in [0.15, 0.2) is 10.4 Å². The molecule has 0 saturated carbocycles. The number of nitrogens with zero attached hydrogens (tertiary/aromatic N) is 3. The van der Waals surface area contributed by atoms with Crippen molar-refractivity contribution in [3.8, 4) is 0 Å². The van der Waals surface area contributed by atoms with Crippen molar-refractivity contribution in [2.24, 2.45) is 4.99 Å². The summed E-state index contributed by atoms with van der Waals surface area (Å²) in [4.78, 5) is 11.2. The van der Waals surface area contributed by atoms with Gasteiger partial charge in [0.2, 0.25) is 0 Å². The Labute approximate surface area is 114 Å². The van der Waals surface area contributed by atoms with E-state index < -0.39 is 0 Å². The maximum atomic E-state index is 4.61. The SMILES string of the molecule is CCCCN=C(NCC)N(C)Cc1csc(C)n1. The van der Waals surface area contributed by atoms with E-state index in [4.69, 9.17) is 0 Å². The Hall–Kier alpha value is -1.10. The first-order chi connectivity index (χ1) is 8.67. The van der Waals surface area contributed by atoms with Crippen molar-refractivity contribution < 1.29 is 0 Å². The van der Waals surface area contributed by atoms with Crippen molar-refractivity contribution >= 4 is 17.3 Å². The molecule has 0 saturated heterocycles. The van der Waals surface area contributed by atoms with Crippen LogP contribution in [0.25, 0.3) is 0 Å². The molecule has 1 heterocycles. The highest BCUT2D eigenvalue weighted by atomic mass is 32.1. The zero-order valence-electron chi connectivity index (χ0n) is 11.9. The zero-order chi connectivity index (χ0) is 13.4. The Morgan fingerprint density at radius 2 is 2.28 bits per heavy atom. The Morgan fingerprint density at radius 1 is 1.50 bits per heavy atom. The third-order valence-electron chi connectivity index (χ3n) is 2.54. The second kappa shape index (κ2) is 8.08. The predicted molar refractivity (Wildman–Crippen MR) is 79.2 cm³/mol. The molecular weight excluding hydrogens is 244 g/mol. The number of aromatic nitrogens is 1. The first-order valence-corrected chi connectivity index (χ1v) is 7.45. The molecule has 5 heteroatoms. The fourth-order valence-corrected chi connectivity index (χ4v) is 2.22. The van der Waals surface area contributed by atoms with Gasteiger partial charge in [-0.2, -0.15) is 0 Å². The lowest BCUT2D eigenvalue weighted by molar-refractivity contribution is 0.470. The molecule has 0 atom stereocenters. The van der Waals surface area contributed by atoms with Crippen molar-refractivity contribution in [3.05, 3.63) is 16.1 Å². The second-order valence-corrected chi connectivity index (χ2v) is 5.37. The molecule has 0 aliphatic carbocycles. The van der Waals surface area contributed by atoms with Crippen molar-refractivity contribution in [1.82, 2.24) is 15.2 Å². The van der Waals surface area contributed by atoms with Gasteiger partial charge >= 0.3 is 0 Å². The second-order valence-electron chi connectivity index (χ2n) is 4.30. The van der Waals surface area contributed by atoms with Crippen LogP contribution in [-0.4, -0.2) is 36.0 Å². The van der Waals surface area contributed by atoms with E-state index in [0.29, 0.717) is 0 Å². The maximum Gasteiger partial charge on any atom is 0.194 e. The Morgan fingerprint density at radius 3 is 2.83 bits per heavy atom. The summed E-state index contributed by atoms with van der Waals surface area (Å²) in [7, 11) is 2.06. The first kappa shape index (κ1) is 15.0. The molecule has 0 aromatic carbocycles. The average Bonchev–Trinajstić information content (AvgIpc) is 2.74. The number of hydrogen-bond acceptors (Lipinski definition) is 3. The number of nitrogens with one attached hydrogen (secondary N) is 1. The summed E-state index contributed by atoms with van der Waals surface area (Å²) in [6.45, 7) is 8.90. The summed E-state index contributed by atoms with van der Waals surface area (Å²) < 4.78 is 0. The summed E-state index contributed by atoms with van der Waals surface area (Å²) >= 11 is 1.69. The van der Waals surface area contributed by atoms with Crippen molar-refractivity contribution in [2.45, 2.75) is 40.2 Å². The van der Waals surface area contributed by atoms with Crippen LogP contribution < -0.4 is 5.32 Å². The molecule has 1 aromatic rings. The molecule has 0 radical (unpaired) electrons. The third kappa shape index (κ3) is 5.04. The number of rotatable bonds is 6. The fraction of sp³-hybridized carbons (Fsp3) is 0.692. The van der Waals surface area contributed by atoms with Gasteiger partial charge in [-0.15, -0.1) is 11.3 Å². The largest absolute Gasteiger partial charge is 0.357 e. The highest BCUT2D eigenvalue weighted by Gasteiger charge is 2.07. The van der Waals surface area contributed by atoms with Gasteiger partial charge in [-0.05, 0) is 20.3 Å². The number of aryl methyl sites for hydroxylation is 1. The molecule has 4 nitrogen and oxygen atoms in total. The molecule has 0 spiro atoms. The monoisotopic (exact) mass is 268 g/mol. The quantitative estimate of drug-likeness (QED) is 0.490. The molecule has 0 fully saturated rings. The van der Waals surface area contributed by atoms with Gasteiger partial charge in [0, 0.05) is 25.5 Å². The van der Waals surface area contributed by atoms with Crippen molar-refractivity contribution in [1.29, 1.82) is 0 Å². The topological polar surface area (TPSA) is 40.5 Å². The molecule has 0 aliphatic rings. The molecule has 0 unspecified atom stereocenters. The molecule has 0 aliphatic heterocycles. The van der Waals surface area contributed by atoms with Gasteiger partial charge < -0.3 is 10.2 Å². The van der Waals surface area contributed by atoms with Crippen LogP contribution in [0, 0.1) is 6.92 Å². The molecular formula is C13H24N4S. The van der Waals surface area contributed by atoms with Gasteiger partial charge in [0.05, 0.1) is 17.2 Å². The highest BCUT2D eigenvalue weighted by molar-refractivity contribution is 7.09. The van der Waals surface area contributed by atoms with E-state index in [1.807, 2.05) is 6.92 Å². The van der Waals surface area contributed by atoms with Gasteiger partial charge in [-0.1, -0.05) is 13.3 Å². The van der Waals surface area contributed by atoms with E-state index in [-0.39, 0.29) is 0 Å². The van der Waals surface area contributed by atoms with Crippen LogP contribution in [-0.2, 0) is 6.54 Å². The van der Waals surface area contributed by atoms with E-state index >= 15 is 0 Å². The van der Waals surface area contributed by atoms with Crippen LogP contribution in [0.2, 0.25) is 0 Å². The zero-order valence-corrected chi connectivity index (χ0v) is 12.7. The lowest BCUT2D eigenvalue weighted by atomic mass is 10.3. The van der Waals surface area contributed by atoms with Crippen LogP contribution in [0.5, 0.6) is 0 Å². The van der Waals surface area contributed by atoms with Crippen molar-refractivity contribution in [3.63, 3.8) is 0 Å². The summed E-state index contributed by atoms with van der Waals surface area (Å²) in [5, 5.41) is 6.55. The molecule has 0 amide bonds. The minimum absolute atomic E-state index is 0.808. The van der Waals surface area contributed by atoms with Gasteiger partial charge in [-0.25, -0.2) is 4.98 Å². The summed E-state index contributed by atoms with van der Waals surface area (Å²) in [5.41, 5.74) is 1.11. The Balaban J connectivity index is 2.58. The summed E-state index contributed by atoms with van der Waals surface area (Å²) in [6, 6.07) is 0. The number of hydrogen-bond donors (Lipinski definition) is 1. The first-order valence-electron chi connectivity index (χ1n) is 6.57. The number of guanidine groups is 1. The van der Waals surface area contributed by atoms with E-state index in [2.05, 4.69) is 46.5 Å². The molecule has 1 rings (SSSR count). The molecule has 1 N–H and O–H groups in total. The lowest BCUT2D eigenvalue weighted by Crippen LogP contribution is -2.38. The molecule has 1 aromatic heterocycles. The number of thiazole rings is 1. The molecule has 102 valence electrons.